The number of nitrogens with one attached hydrogen (secondary N) is 1. The first-order chi connectivity index (χ1) is 13.3. The summed E-state index contributed by atoms with van der Waals surface area (Å²) in [5.41, 5.74) is 0.808. The van der Waals surface area contributed by atoms with Crippen LogP contribution in [0.15, 0.2) is 40.3 Å². The lowest BCUT2D eigenvalue weighted by Gasteiger charge is -2.43. The van der Waals surface area contributed by atoms with Crippen LogP contribution >= 0.6 is 23.5 Å². The van der Waals surface area contributed by atoms with Gasteiger partial charge in [0.25, 0.3) is 0 Å². The molecule has 0 saturated carbocycles. The highest BCUT2D eigenvalue weighted by atomic mass is 32.2. The Morgan fingerprint density at radius 3 is 2.54 bits per heavy atom. The Morgan fingerprint density at radius 1 is 1.29 bits per heavy atom. The minimum absolute atomic E-state index is 0.107. The number of thioether (sulfide) groups is 2. The van der Waals surface area contributed by atoms with E-state index in [4.69, 9.17) is 0 Å². The summed E-state index contributed by atoms with van der Waals surface area (Å²) >= 11 is 2.29. The molecule has 8 nitrogen and oxygen atoms in total. The lowest BCUT2D eigenvalue weighted by atomic mass is 9.92. The van der Waals surface area contributed by atoms with Gasteiger partial charge in [-0.3, -0.25) is 19.8 Å². The van der Waals surface area contributed by atoms with E-state index in [1.807, 2.05) is 30.3 Å². The van der Waals surface area contributed by atoms with E-state index >= 15 is 0 Å². The van der Waals surface area contributed by atoms with Gasteiger partial charge in [-0.25, -0.2) is 4.79 Å². The van der Waals surface area contributed by atoms with Crippen LogP contribution in [0.3, 0.4) is 0 Å². The molecule has 1 fully saturated rings. The van der Waals surface area contributed by atoms with Crippen molar-refractivity contribution < 1.29 is 29.7 Å². The molecule has 150 valence electrons. The normalized spacial score (nSPS) is 23.2. The maximum Gasteiger partial charge on any atom is 0.354 e. The van der Waals surface area contributed by atoms with E-state index in [0.717, 1.165) is 17.3 Å². The molecule has 3 rings (SSSR count). The summed E-state index contributed by atoms with van der Waals surface area (Å²) in [4.78, 5) is 36.6. The second kappa shape index (κ2) is 8.56. The van der Waals surface area contributed by atoms with E-state index in [-0.39, 0.29) is 11.4 Å². The third-order valence-electron chi connectivity index (χ3n) is 4.54. The van der Waals surface area contributed by atoms with Crippen LogP contribution < -0.4 is 5.32 Å². The fourth-order valence-electron chi connectivity index (χ4n) is 3.06. The Hall–Kier alpha value is -2.01. The molecule has 28 heavy (non-hydrogen) atoms. The largest absolute Gasteiger partial charge is 0.480 e. The summed E-state index contributed by atoms with van der Waals surface area (Å²) in [5.74, 6) is -3.24. The van der Waals surface area contributed by atoms with Gasteiger partial charge in [-0.1, -0.05) is 42.1 Å². The van der Waals surface area contributed by atoms with Gasteiger partial charge in [-0.05, 0) is 12.5 Å². The first-order valence-corrected chi connectivity index (χ1v) is 10.5. The first kappa shape index (κ1) is 20.7. The monoisotopic (exact) mass is 424 g/mol. The average Bonchev–Trinajstić information content (AvgIpc) is 2.96. The number of carboxylic acids is 2. The smallest absolute Gasteiger partial charge is 0.354 e. The standard InChI is InChI=1S/C18H20N2O6S2/c1-9(21)12-14(22)20-13(17(25)26)18(28-15(12)20)27-8-11(16(23)24)19-7-10-5-3-2-4-6-10/h2-6,9,11-12,15,19,21H,7-8H2,1H3,(H,23,24)(H,25,26)/t9?,11-,12-,15+/m0/s1. The van der Waals surface area contributed by atoms with Crippen molar-refractivity contribution >= 4 is 41.4 Å². The third kappa shape index (κ3) is 4.04. The van der Waals surface area contributed by atoms with Crippen LogP contribution in [-0.2, 0) is 20.9 Å². The van der Waals surface area contributed by atoms with Crippen LogP contribution in [0.2, 0.25) is 0 Å². The number of aliphatic hydroxyl groups excluding tert-OH is 1. The number of nitrogens with zero attached hydrogens (tertiary/aromatic N) is 1. The van der Waals surface area contributed by atoms with E-state index < -0.39 is 41.3 Å². The maximum absolute atomic E-state index is 12.2. The molecular weight excluding hydrogens is 404 g/mol. The molecular formula is C18H20N2O6S2. The Morgan fingerprint density at radius 2 is 1.96 bits per heavy atom. The van der Waals surface area contributed by atoms with Crippen molar-refractivity contribution in [2.45, 2.75) is 31.0 Å². The zero-order valence-electron chi connectivity index (χ0n) is 14.9. The quantitative estimate of drug-likeness (QED) is 0.431. The second-order valence-electron chi connectivity index (χ2n) is 6.49. The van der Waals surface area contributed by atoms with Crippen LogP contribution in [-0.4, -0.2) is 61.3 Å². The summed E-state index contributed by atoms with van der Waals surface area (Å²) in [6.45, 7) is 1.87. The number of hydrogen-bond acceptors (Lipinski definition) is 7. The summed E-state index contributed by atoms with van der Waals surface area (Å²) in [5, 5.41) is 31.2. The number of amides is 1. The highest BCUT2D eigenvalue weighted by Crippen LogP contribution is 2.53. The van der Waals surface area contributed by atoms with E-state index in [9.17, 15) is 29.7 Å². The topological polar surface area (TPSA) is 127 Å². The molecule has 4 N–H and O–H groups in total. The van der Waals surface area contributed by atoms with Gasteiger partial charge >= 0.3 is 11.9 Å². The van der Waals surface area contributed by atoms with Crippen molar-refractivity contribution in [2.24, 2.45) is 5.92 Å². The molecule has 1 aromatic carbocycles. The molecule has 0 bridgehead atoms. The van der Waals surface area contributed by atoms with Crippen LogP contribution in [0.4, 0.5) is 0 Å². The van der Waals surface area contributed by atoms with Crippen LogP contribution in [0.25, 0.3) is 0 Å². The van der Waals surface area contributed by atoms with Crippen molar-refractivity contribution in [3.63, 3.8) is 0 Å². The van der Waals surface area contributed by atoms with Gasteiger partial charge in [0.2, 0.25) is 5.91 Å². The summed E-state index contributed by atoms with van der Waals surface area (Å²) in [7, 11) is 0. The molecule has 1 unspecified atom stereocenters. The molecule has 4 atom stereocenters. The minimum Gasteiger partial charge on any atom is -0.480 e. The third-order valence-corrected chi connectivity index (χ3v) is 7.29. The maximum atomic E-state index is 12.2. The Labute approximate surface area is 170 Å². The molecule has 1 aromatic rings. The van der Waals surface area contributed by atoms with Crippen molar-refractivity contribution in [3.05, 3.63) is 45.8 Å². The summed E-state index contributed by atoms with van der Waals surface area (Å²) in [6, 6.07) is 8.47. The number of carbonyl (C=O) groups is 3. The molecule has 0 spiro atoms. The number of rotatable bonds is 9. The van der Waals surface area contributed by atoms with E-state index in [0.29, 0.717) is 10.8 Å². The van der Waals surface area contributed by atoms with E-state index in [2.05, 4.69) is 5.32 Å². The number of carboxylic acid groups (broad SMARTS) is 2. The van der Waals surface area contributed by atoms with Gasteiger partial charge < -0.3 is 15.3 Å². The second-order valence-corrected chi connectivity index (χ2v) is 8.91. The molecule has 10 heteroatoms. The number of aliphatic hydroxyl groups is 1. The number of carbonyl (C=O) groups excluding carboxylic acids is 1. The SMILES string of the molecule is CC(O)[C@H]1C(=O)N2C(C(=O)O)=C(SC[C@H](NCc3ccccc3)C(=O)O)S[C@H]12. The van der Waals surface area contributed by atoms with Crippen molar-refractivity contribution in [1.29, 1.82) is 0 Å². The van der Waals surface area contributed by atoms with Crippen molar-refractivity contribution in [2.75, 3.05) is 5.75 Å². The number of benzene rings is 1. The molecule has 2 heterocycles. The fourth-order valence-corrected chi connectivity index (χ4v) is 6.06. The van der Waals surface area contributed by atoms with Gasteiger partial charge in [0.05, 0.1) is 16.3 Å². The Kier molecular flexibility index (Phi) is 6.33. The molecule has 2 aliphatic rings. The summed E-state index contributed by atoms with van der Waals surface area (Å²) < 4.78 is 0.391. The molecule has 1 amide bonds. The van der Waals surface area contributed by atoms with Crippen LogP contribution in [0, 0.1) is 5.92 Å². The molecule has 1 saturated heterocycles. The lowest BCUT2D eigenvalue weighted by molar-refractivity contribution is -0.156. The zero-order valence-corrected chi connectivity index (χ0v) is 16.6. The van der Waals surface area contributed by atoms with Gasteiger partial charge in [-0.15, -0.1) is 11.8 Å². The van der Waals surface area contributed by atoms with Crippen molar-refractivity contribution in [3.8, 4) is 0 Å². The van der Waals surface area contributed by atoms with Gasteiger partial charge in [0, 0.05) is 12.3 Å². The number of aliphatic carboxylic acids is 2. The van der Waals surface area contributed by atoms with Gasteiger partial charge in [0.1, 0.15) is 11.4 Å². The summed E-state index contributed by atoms with van der Waals surface area (Å²) in [6.07, 6.45) is -0.875. The number of fused-ring (bicyclic) bond motifs is 1. The fraction of sp³-hybridized carbons (Fsp3) is 0.389. The molecule has 0 aromatic heterocycles. The van der Waals surface area contributed by atoms with Gasteiger partial charge in [0.15, 0.2) is 5.70 Å². The number of β-lactam (4-membered cyclic amide) rings is 1. The predicted molar refractivity (Wildman–Crippen MR) is 105 cm³/mol. The molecule has 0 aliphatic carbocycles. The highest BCUT2D eigenvalue weighted by molar-refractivity contribution is 8.22. The predicted octanol–water partition coefficient (Wildman–Crippen LogP) is 1.13. The lowest BCUT2D eigenvalue weighted by Crippen LogP contribution is -2.60. The highest BCUT2D eigenvalue weighted by Gasteiger charge is 2.57. The molecule has 2 aliphatic heterocycles. The first-order valence-electron chi connectivity index (χ1n) is 8.59. The average molecular weight is 425 g/mol. The van der Waals surface area contributed by atoms with Gasteiger partial charge in [-0.2, -0.15) is 0 Å². The van der Waals surface area contributed by atoms with E-state index in [1.165, 1.54) is 23.6 Å². The number of hydrogen-bond donors (Lipinski definition) is 4. The minimum atomic E-state index is -1.24. The van der Waals surface area contributed by atoms with E-state index in [1.54, 1.807) is 0 Å². The Balaban J connectivity index is 1.66. The molecule has 0 radical (unpaired) electrons. The van der Waals surface area contributed by atoms with Crippen LogP contribution in [0.1, 0.15) is 12.5 Å². The van der Waals surface area contributed by atoms with Crippen LogP contribution in [0.5, 0.6) is 0 Å². The van der Waals surface area contributed by atoms with Crippen molar-refractivity contribution in [1.82, 2.24) is 10.2 Å². The zero-order chi connectivity index (χ0) is 20.4. The Bertz CT molecular complexity index is 814.